The van der Waals surface area contributed by atoms with E-state index >= 15 is 0 Å². The molecule has 0 aliphatic rings. The van der Waals surface area contributed by atoms with E-state index < -0.39 is 34.4 Å². The minimum absolute atomic E-state index is 0.0578. The maximum Gasteiger partial charge on any atom is 0.339 e. The van der Waals surface area contributed by atoms with E-state index in [0.29, 0.717) is 0 Å². The number of hydrogen-bond donors (Lipinski definition) is 1. The summed E-state index contributed by atoms with van der Waals surface area (Å²) >= 11 is 5.66. The predicted molar refractivity (Wildman–Crippen MR) is 88.0 cm³/mol. The summed E-state index contributed by atoms with van der Waals surface area (Å²) in [5.74, 6) is -2.33. The maximum atomic E-state index is 13.5. The molecule has 2 aromatic carbocycles. The van der Waals surface area contributed by atoms with Gasteiger partial charge in [0, 0.05) is 6.07 Å². The number of halogens is 2. The molecule has 0 radical (unpaired) electrons. The molecule has 1 amide bonds. The quantitative estimate of drug-likeness (QED) is 0.495. The number of nitrogens with one attached hydrogen (secondary N) is 1. The Bertz CT molecular complexity index is 843. The highest BCUT2D eigenvalue weighted by Gasteiger charge is 2.22. The third-order valence-corrected chi connectivity index (χ3v) is 3.48. The molecule has 0 bridgehead atoms. The van der Waals surface area contributed by atoms with Crippen LogP contribution in [0.2, 0.25) is 5.02 Å². The molecule has 1 N–H and O–H groups in total. The molecule has 2 aromatic rings. The monoisotopic (exact) mass is 366 g/mol. The van der Waals surface area contributed by atoms with Crippen LogP contribution in [0.1, 0.15) is 17.3 Å². The van der Waals surface area contributed by atoms with Crippen molar-refractivity contribution < 1.29 is 23.6 Å². The van der Waals surface area contributed by atoms with Gasteiger partial charge < -0.3 is 10.1 Å². The van der Waals surface area contributed by atoms with E-state index in [1.165, 1.54) is 43.3 Å². The van der Waals surface area contributed by atoms with E-state index in [4.69, 9.17) is 16.3 Å². The third-order valence-electron chi connectivity index (χ3n) is 3.16. The summed E-state index contributed by atoms with van der Waals surface area (Å²) in [5.41, 5.74) is -0.654. The van der Waals surface area contributed by atoms with E-state index in [1.807, 2.05) is 0 Å². The lowest BCUT2D eigenvalue weighted by atomic mass is 10.2. The van der Waals surface area contributed by atoms with Gasteiger partial charge in [-0.25, -0.2) is 9.18 Å². The molecule has 130 valence electrons. The summed E-state index contributed by atoms with van der Waals surface area (Å²) in [6, 6.07) is 8.87. The first-order chi connectivity index (χ1) is 11.8. The van der Waals surface area contributed by atoms with Gasteiger partial charge in [-0.2, -0.15) is 0 Å². The number of amides is 1. The Morgan fingerprint density at radius 3 is 2.60 bits per heavy atom. The molecule has 0 fully saturated rings. The van der Waals surface area contributed by atoms with Gasteiger partial charge in [0.1, 0.15) is 10.8 Å². The Balaban J connectivity index is 2.07. The van der Waals surface area contributed by atoms with Gasteiger partial charge in [-0.15, -0.1) is 0 Å². The molecule has 1 atom stereocenters. The number of carbonyl (C=O) groups excluding carboxylic acids is 2. The molecule has 9 heteroatoms. The van der Waals surface area contributed by atoms with Crippen LogP contribution in [-0.4, -0.2) is 22.9 Å². The lowest BCUT2D eigenvalue weighted by Gasteiger charge is -2.14. The zero-order valence-electron chi connectivity index (χ0n) is 12.9. The SMILES string of the molecule is C[C@H](OC(=O)c1ccc(Cl)c([N+](=O)[O-])c1)C(=O)Nc1ccccc1F. The predicted octanol–water partition coefficient (Wildman–Crippen LogP) is 3.57. The van der Waals surface area contributed by atoms with Gasteiger partial charge in [-0.3, -0.25) is 14.9 Å². The third kappa shape index (κ3) is 4.51. The molecule has 0 saturated carbocycles. The van der Waals surface area contributed by atoms with Crippen LogP contribution in [0.4, 0.5) is 15.8 Å². The van der Waals surface area contributed by atoms with Gasteiger partial charge in [0.05, 0.1) is 16.2 Å². The number of nitro benzene ring substituents is 1. The number of carbonyl (C=O) groups is 2. The largest absolute Gasteiger partial charge is 0.449 e. The van der Waals surface area contributed by atoms with E-state index in [1.54, 1.807) is 0 Å². The van der Waals surface area contributed by atoms with Crippen molar-refractivity contribution in [3.63, 3.8) is 0 Å². The average molecular weight is 367 g/mol. The van der Waals surface area contributed by atoms with Crippen LogP contribution in [0, 0.1) is 15.9 Å². The Morgan fingerprint density at radius 2 is 1.96 bits per heavy atom. The molecule has 0 spiro atoms. The van der Waals surface area contributed by atoms with Crippen molar-refractivity contribution in [3.8, 4) is 0 Å². The number of nitrogens with zero attached hydrogens (tertiary/aromatic N) is 1. The molecular formula is C16H12ClFN2O5. The summed E-state index contributed by atoms with van der Waals surface area (Å²) in [4.78, 5) is 34.1. The topological polar surface area (TPSA) is 98.5 Å². The van der Waals surface area contributed by atoms with Crippen molar-refractivity contribution in [2.24, 2.45) is 0 Å². The number of rotatable bonds is 5. The standard InChI is InChI=1S/C16H12ClFN2O5/c1-9(15(21)19-13-5-3-2-4-12(13)18)25-16(22)10-6-7-11(17)14(8-10)20(23)24/h2-9H,1H3,(H,19,21)/t9-/m0/s1. The van der Waals surface area contributed by atoms with E-state index in [-0.39, 0.29) is 16.3 Å². The summed E-state index contributed by atoms with van der Waals surface area (Å²) in [6.07, 6.45) is -1.25. The molecule has 0 saturated heterocycles. The number of hydrogen-bond acceptors (Lipinski definition) is 5. The Hall–Kier alpha value is -3.00. The van der Waals surface area contributed by atoms with Crippen molar-refractivity contribution >= 4 is 34.9 Å². The summed E-state index contributed by atoms with van der Waals surface area (Å²) in [6.45, 7) is 1.29. The van der Waals surface area contributed by atoms with Crippen LogP contribution >= 0.6 is 11.6 Å². The van der Waals surface area contributed by atoms with Crippen molar-refractivity contribution in [3.05, 3.63) is 69.0 Å². The number of anilines is 1. The fourth-order valence-corrected chi connectivity index (χ4v) is 2.05. The van der Waals surface area contributed by atoms with E-state index in [2.05, 4.69) is 5.32 Å². The van der Waals surface area contributed by atoms with Crippen LogP contribution in [-0.2, 0) is 9.53 Å². The second-order valence-electron chi connectivity index (χ2n) is 4.94. The van der Waals surface area contributed by atoms with Gasteiger partial charge in [0.15, 0.2) is 6.10 Å². The Kier molecular flexibility index (Phi) is 5.66. The van der Waals surface area contributed by atoms with Crippen LogP contribution in [0.3, 0.4) is 0 Å². The van der Waals surface area contributed by atoms with Gasteiger partial charge in [-0.05, 0) is 31.2 Å². The van der Waals surface area contributed by atoms with Gasteiger partial charge >= 0.3 is 5.97 Å². The zero-order valence-corrected chi connectivity index (χ0v) is 13.6. The average Bonchev–Trinajstić information content (AvgIpc) is 2.56. The zero-order chi connectivity index (χ0) is 18.6. The fraction of sp³-hybridized carbons (Fsp3) is 0.125. The summed E-state index contributed by atoms with van der Waals surface area (Å²) in [5, 5.41) is 13.0. The van der Waals surface area contributed by atoms with E-state index in [0.717, 1.165) is 6.07 Å². The lowest BCUT2D eigenvalue weighted by molar-refractivity contribution is -0.384. The maximum absolute atomic E-state index is 13.5. The second kappa shape index (κ2) is 7.71. The second-order valence-corrected chi connectivity index (χ2v) is 5.35. The molecular weight excluding hydrogens is 355 g/mol. The van der Waals surface area contributed by atoms with E-state index in [9.17, 15) is 24.1 Å². The minimum Gasteiger partial charge on any atom is -0.449 e. The van der Waals surface area contributed by atoms with Crippen LogP contribution in [0.15, 0.2) is 42.5 Å². The van der Waals surface area contributed by atoms with Crippen molar-refractivity contribution in [1.82, 2.24) is 0 Å². The number of nitro groups is 1. The Labute approximate surface area is 146 Å². The van der Waals surface area contributed by atoms with Gasteiger partial charge in [0.25, 0.3) is 11.6 Å². The number of para-hydroxylation sites is 1. The van der Waals surface area contributed by atoms with Gasteiger partial charge in [0.2, 0.25) is 0 Å². The first kappa shape index (κ1) is 18.3. The molecule has 0 heterocycles. The van der Waals surface area contributed by atoms with Crippen LogP contribution in [0.5, 0.6) is 0 Å². The van der Waals surface area contributed by atoms with Crippen LogP contribution < -0.4 is 5.32 Å². The molecule has 0 aliphatic heterocycles. The highest BCUT2D eigenvalue weighted by atomic mass is 35.5. The first-order valence-electron chi connectivity index (χ1n) is 7.00. The highest BCUT2D eigenvalue weighted by Crippen LogP contribution is 2.25. The fourth-order valence-electron chi connectivity index (χ4n) is 1.86. The first-order valence-corrected chi connectivity index (χ1v) is 7.37. The van der Waals surface area contributed by atoms with Crippen molar-refractivity contribution in [2.75, 3.05) is 5.32 Å². The normalized spacial score (nSPS) is 11.5. The minimum atomic E-state index is -1.25. The highest BCUT2D eigenvalue weighted by molar-refractivity contribution is 6.32. The number of ether oxygens (including phenoxy) is 1. The summed E-state index contributed by atoms with van der Waals surface area (Å²) in [7, 11) is 0. The molecule has 7 nitrogen and oxygen atoms in total. The number of benzene rings is 2. The van der Waals surface area contributed by atoms with Crippen molar-refractivity contribution in [2.45, 2.75) is 13.0 Å². The molecule has 2 rings (SSSR count). The molecule has 0 aliphatic carbocycles. The van der Waals surface area contributed by atoms with Gasteiger partial charge in [-0.1, -0.05) is 23.7 Å². The smallest absolute Gasteiger partial charge is 0.339 e. The molecule has 0 aromatic heterocycles. The summed E-state index contributed by atoms with van der Waals surface area (Å²) < 4.78 is 18.4. The molecule has 0 unspecified atom stereocenters. The van der Waals surface area contributed by atoms with Crippen LogP contribution in [0.25, 0.3) is 0 Å². The number of esters is 1. The Morgan fingerprint density at radius 1 is 1.28 bits per heavy atom. The van der Waals surface area contributed by atoms with Crippen molar-refractivity contribution in [1.29, 1.82) is 0 Å². The molecule has 25 heavy (non-hydrogen) atoms. The lowest BCUT2D eigenvalue weighted by Crippen LogP contribution is -2.30.